The van der Waals surface area contributed by atoms with Crippen LogP contribution in [0.4, 0.5) is 0 Å². The Labute approximate surface area is 96.2 Å². The van der Waals surface area contributed by atoms with Gasteiger partial charge in [0.1, 0.15) is 0 Å². The Morgan fingerprint density at radius 2 is 1.82 bits per heavy atom. The number of hydrogen-bond donors (Lipinski definition) is 1. The Bertz CT molecular complexity index is 318. The molecule has 0 aliphatic rings. The second-order valence-corrected chi connectivity index (χ2v) is 2.80. The molecule has 0 bridgehead atoms. The van der Waals surface area contributed by atoms with Gasteiger partial charge in [0.05, 0.1) is 6.54 Å². The maximum absolute atomic E-state index is 11.0. The summed E-state index contributed by atoms with van der Waals surface area (Å²) >= 11 is 0. The van der Waals surface area contributed by atoms with Crippen molar-refractivity contribution in [1.29, 1.82) is 0 Å². The van der Waals surface area contributed by atoms with E-state index in [1.807, 2.05) is 44.2 Å². The number of carbonyl (C=O) groups is 1. The largest absolute Gasteiger partial charge is 0.518 e. The Morgan fingerprint density at radius 3 is 2.24 bits per heavy atom. The molecule has 1 rings (SSSR count). The summed E-state index contributed by atoms with van der Waals surface area (Å²) in [4.78, 5) is 21.1. The number of nitrogens with zero attached hydrogens (tertiary/aromatic N) is 1. The number of hydrogen-bond acceptors (Lipinski definition) is 2. The van der Waals surface area contributed by atoms with Crippen molar-refractivity contribution in [3.63, 3.8) is 0 Å². The third-order valence-electron chi connectivity index (χ3n) is 1.74. The maximum Gasteiger partial charge on any atom is 0.235 e. The maximum atomic E-state index is 11.0. The molecule has 0 fully saturated rings. The molecule has 0 heterocycles. The predicted molar refractivity (Wildman–Crippen MR) is 62.8 cm³/mol. The van der Waals surface area contributed by atoms with Crippen LogP contribution in [0.25, 0.3) is 0 Å². The molecule has 17 heavy (non-hydrogen) atoms. The molecule has 0 aliphatic carbocycles. The Balaban J connectivity index is 0. The molecular formula is C12H17FmN2O2-. The summed E-state index contributed by atoms with van der Waals surface area (Å²) in [6, 6.07) is 9.39. The molecule has 1 aromatic rings. The summed E-state index contributed by atoms with van der Waals surface area (Å²) in [7, 11) is 0. The van der Waals surface area contributed by atoms with Crippen molar-refractivity contribution < 1.29 is 9.59 Å². The zero-order valence-electron chi connectivity index (χ0n) is 10.1. The number of benzene rings is 1. The molecule has 0 aromatic heterocycles. The molecule has 0 unspecified atom stereocenters. The van der Waals surface area contributed by atoms with E-state index < -0.39 is 0 Å². The average molecular weight is 478 g/mol. The van der Waals surface area contributed by atoms with Gasteiger partial charge in [-0.25, -0.2) is 0 Å². The van der Waals surface area contributed by atoms with E-state index in [1.54, 1.807) is 0 Å². The summed E-state index contributed by atoms with van der Waals surface area (Å²) < 4.78 is 0. The first kappa shape index (κ1) is 16.6. The van der Waals surface area contributed by atoms with Crippen LogP contribution in [-0.2, 0) is 16.1 Å². The van der Waals surface area contributed by atoms with Gasteiger partial charge in [-0.15, -0.1) is 6.41 Å². The minimum atomic E-state index is -0.225. The van der Waals surface area contributed by atoms with Gasteiger partial charge in [-0.05, 0) is 5.56 Å². The van der Waals surface area contributed by atoms with Gasteiger partial charge < -0.3 is 10.2 Å². The minimum absolute atomic E-state index is 0. The Morgan fingerprint density at radius 1 is 1.29 bits per heavy atom. The predicted octanol–water partition coefficient (Wildman–Crippen LogP) is 1.63. The number of amides is 2. The second kappa shape index (κ2) is 9.71. The van der Waals surface area contributed by atoms with Crippen LogP contribution in [0.5, 0.6) is 0 Å². The van der Waals surface area contributed by atoms with Crippen LogP contribution in [0.15, 0.2) is 30.3 Å². The average Bonchev–Trinajstić information content (AvgIpc) is 2.32. The van der Waals surface area contributed by atoms with Gasteiger partial charge in [0.25, 0.3) is 0 Å². The van der Waals surface area contributed by atoms with Gasteiger partial charge in [0.15, 0.2) is 0 Å². The number of rotatable bonds is 4. The molecule has 0 saturated carbocycles. The molecule has 5 heteroatoms. The number of carbonyl (C=O) groups excluding carboxylic acids is 2. The van der Waals surface area contributed by atoms with Gasteiger partial charge in [-0.3, -0.25) is 9.80 Å². The summed E-state index contributed by atoms with van der Waals surface area (Å²) in [6.07, 6.45) is 1.47. The standard InChI is InChI=1S/C10H11N2O2.C2H6.Fm/c1-9(14)12(11-8-13)7-10-5-3-2-4-6-10;1-2;/h2-6H,7H2,1H3,(H,11,13);1-2H3;/q-1;;. The van der Waals surface area contributed by atoms with Crippen LogP contribution in [0, 0.1) is 0 Å². The SMILES string of the molecule is CC.CC(=O)N(Cc1ccccc1)N[C-]=O.[Fm]. The van der Waals surface area contributed by atoms with Crippen LogP contribution in [-0.4, -0.2) is 17.3 Å². The summed E-state index contributed by atoms with van der Waals surface area (Å²) in [6.45, 7) is 5.73. The third-order valence-corrected chi connectivity index (χ3v) is 1.74. The Hall–Kier alpha value is -2.84. The van der Waals surface area contributed by atoms with Gasteiger partial charge >= 0.3 is 0 Å². The fourth-order valence-electron chi connectivity index (χ4n) is 1.05. The van der Waals surface area contributed by atoms with Crippen LogP contribution in [0.1, 0.15) is 26.3 Å². The molecule has 4 nitrogen and oxygen atoms in total. The van der Waals surface area contributed by atoms with Crippen LogP contribution < -0.4 is 5.43 Å². The van der Waals surface area contributed by atoms with E-state index in [9.17, 15) is 9.59 Å². The molecule has 0 atom stereocenters. The van der Waals surface area contributed by atoms with Crippen molar-refractivity contribution in [3.8, 4) is 0 Å². The van der Waals surface area contributed by atoms with Crippen molar-refractivity contribution in [2.75, 3.05) is 0 Å². The fourth-order valence-corrected chi connectivity index (χ4v) is 1.05. The normalized spacial score (nSPS) is 7.94. The van der Waals surface area contributed by atoms with Crippen molar-refractivity contribution >= 4 is 12.3 Å². The smallest absolute Gasteiger partial charge is 0.235 e. The van der Waals surface area contributed by atoms with Crippen molar-refractivity contribution in [2.24, 2.45) is 0 Å². The zero-order chi connectivity index (χ0) is 12.4. The van der Waals surface area contributed by atoms with Gasteiger partial charge in [-0.2, -0.15) is 0 Å². The number of nitrogens with one attached hydrogen (secondary N) is 1. The van der Waals surface area contributed by atoms with E-state index in [1.165, 1.54) is 18.3 Å². The monoisotopic (exact) mass is 478 g/mol. The molecule has 0 saturated heterocycles. The van der Waals surface area contributed by atoms with Gasteiger partial charge in [0, 0.05) is 6.92 Å². The third kappa shape index (κ3) is 6.28. The number of hydrazine groups is 1. The molecule has 2 amide bonds. The molecule has 0 spiro atoms. The molecule has 1 aromatic carbocycles. The molecule has 0 radical (unpaired) electrons. The minimum Gasteiger partial charge on any atom is -0.518 e. The van der Waals surface area contributed by atoms with Crippen molar-refractivity contribution in [2.45, 2.75) is 27.3 Å². The van der Waals surface area contributed by atoms with Crippen LogP contribution in [0.3, 0.4) is 0 Å². The van der Waals surface area contributed by atoms with E-state index in [4.69, 9.17) is 0 Å². The van der Waals surface area contributed by atoms with Crippen LogP contribution >= 0.6 is 0 Å². The summed E-state index contributed by atoms with van der Waals surface area (Å²) in [5.41, 5.74) is 3.16. The molecule has 0 aliphatic heterocycles. The van der Waals surface area contributed by atoms with E-state index in [-0.39, 0.29) is 5.91 Å². The second-order valence-electron chi connectivity index (χ2n) is 2.80. The van der Waals surface area contributed by atoms with Gasteiger partial charge in [0.2, 0.25) is 5.91 Å². The fraction of sp³-hybridized carbons (Fsp3) is 0.333. The van der Waals surface area contributed by atoms with E-state index in [2.05, 4.69) is 5.43 Å². The van der Waals surface area contributed by atoms with Gasteiger partial charge in [-0.1, -0.05) is 44.2 Å². The topological polar surface area (TPSA) is 49.4 Å². The van der Waals surface area contributed by atoms with E-state index in [0.29, 0.717) is 6.54 Å². The zero-order valence-corrected chi connectivity index (χ0v) is 12.6. The van der Waals surface area contributed by atoms with Crippen molar-refractivity contribution in [3.05, 3.63) is 35.9 Å². The van der Waals surface area contributed by atoms with Crippen molar-refractivity contribution in [1.82, 2.24) is 10.4 Å². The summed E-state index contributed by atoms with van der Waals surface area (Å²) in [5.74, 6) is -0.225. The first-order valence-electron chi connectivity index (χ1n) is 5.19. The van der Waals surface area contributed by atoms with E-state index >= 15 is 0 Å². The quantitative estimate of drug-likeness (QED) is 0.407. The first-order chi connectivity index (χ1) is 7.74. The summed E-state index contributed by atoms with van der Waals surface area (Å²) in [5, 5.41) is 1.20. The van der Waals surface area contributed by atoms with Crippen LogP contribution in [0.2, 0.25) is 0 Å². The molecular weight excluding hydrogens is 461 g/mol. The Kier molecular flexibility index (Phi) is 9.47. The first-order valence-corrected chi connectivity index (χ1v) is 5.19. The molecule has 1 N–H and O–H groups in total. The molecule has 100 valence electrons. The van der Waals surface area contributed by atoms with E-state index in [0.717, 1.165) is 5.56 Å².